The molecule has 0 bridgehead atoms. The van der Waals surface area contributed by atoms with Gasteiger partial charge in [0, 0.05) is 0 Å². The molecule has 1 aromatic carbocycles. The Hall–Kier alpha value is -1.39. The molecule has 4 heteroatoms. The Morgan fingerprint density at radius 3 is 2.47 bits per heavy atom. The first kappa shape index (κ1) is 12.1. The molecule has 0 radical (unpaired) electrons. The van der Waals surface area contributed by atoms with Crippen LogP contribution in [0.4, 0.5) is 0 Å². The largest absolute Gasteiger partial charge is 0.373 e. The van der Waals surface area contributed by atoms with Crippen LogP contribution in [-0.4, -0.2) is 17.7 Å². The maximum Gasteiger partial charge on any atom is 0.373 e. The van der Waals surface area contributed by atoms with Crippen molar-refractivity contribution in [3.63, 3.8) is 0 Å². The number of hydrogen-bond donors (Lipinski definition) is 0. The SMILES string of the molecule is CC(C)(C)OOC(=O)[C@@H]1O[C@@H]1c1ccccc1. The van der Waals surface area contributed by atoms with E-state index in [9.17, 15) is 4.79 Å². The summed E-state index contributed by atoms with van der Waals surface area (Å²) in [5, 5.41) is 0. The van der Waals surface area contributed by atoms with Gasteiger partial charge in [-0.05, 0) is 26.3 Å². The van der Waals surface area contributed by atoms with Crippen LogP contribution in [0.15, 0.2) is 30.3 Å². The highest BCUT2D eigenvalue weighted by Gasteiger charge is 2.48. The van der Waals surface area contributed by atoms with Crippen LogP contribution in [-0.2, 0) is 19.3 Å². The van der Waals surface area contributed by atoms with Crippen molar-refractivity contribution in [1.29, 1.82) is 0 Å². The molecule has 2 atom stereocenters. The lowest BCUT2D eigenvalue weighted by Crippen LogP contribution is -2.24. The van der Waals surface area contributed by atoms with E-state index >= 15 is 0 Å². The number of carbonyl (C=O) groups is 1. The molecule has 0 aliphatic carbocycles. The highest BCUT2D eigenvalue weighted by molar-refractivity contribution is 5.77. The van der Waals surface area contributed by atoms with E-state index in [2.05, 4.69) is 0 Å². The summed E-state index contributed by atoms with van der Waals surface area (Å²) in [6, 6.07) is 9.57. The highest BCUT2D eigenvalue weighted by atomic mass is 17.2. The van der Waals surface area contributed by atoms with E-state index in [1.165, 1.54) is 0 Å². The smallest absolute Gasteiger partial charge is 0.352 e. The zero-order valence-corrected chi connectivity index (χ0v) is 10.2. The van der Waals surface area contributed by atoms with Crippen LogP contribution in [0.3, 0.4) is 0 Å². The van der Waals surface area contributed by atoms with E-state index in [1.807, 2.05) is 51.1 Å². The second kappa shape index (κ2) is 4.47. The fraction of sp³-hybridized carbons (Fsp3) is 0.462. The lowest BCUT2D eigenvalue weighted by atomic mass is 10.1. The fourth-order valence-electron chi connectivity index (χ4n) is 1.40. The van der Waals surface area contributed by atoms with Crippen LogP contribution in [0, 0.1) is 0 Å². The molecule has 17 heavy (non-hydrogen) atoms. The molecule has 0 amide bonds. The number of carbonyl (C=O) groups excluding carboxylic acids is 1. The van der Waals surface area contributed by atoms with Gasteiger partial charge in [0.1, 0.15) is 11.7 Å². The molecule has 4 nitrogen and oxygen atoms in total. The molecule has 0 saturated carbocycles. The molecule has 92 valence electrons. The number of rotatable bonds is 3. The van der Waals surface area contributed by atoms with Crippen LogP contribution in [0.25, 0.3) is 0 Å². The van der Waals surface area contributed by atoms with Crippen LogP contribution >= 0.6 is 0 Å². The molecule has 1 aromatic rings. The lowest BCUT2D eigenvalue weighted by molar-refractivity contribution is -0.321. The number of hydrogen-bond acceptors (Lipinski definition) is 4. The standard InChI is InChI=1S/C13H16O4/c1-13(2,3)17-16-12(14)11-10(15-11)9-7-5-4-6-8-9/h4-8,10-11H,1-3H3/t10-,11-/m1/s1. The Labute approximate surface area is 100 Å². The Balaban J connectivity index is 1.85. The number of ether oxygens (including phenoxy) is 1. The van der Waals surface area contributed by atoms with E-state index < -0.39 is 17.7 Å². The molecule has 0 unspecified atom stereocenters. The van der Waals surface area contributed by atoms with Gasteiger partial charge < -0.3 is 4.74 Å². The van der Waals surface area contributed by atoms with Gasteiger partial charge in [-0.3, -0.25) is 4.89 Å². The summed E-state index contributed by atoms with van der Waals surface area (Å²) in [5.74, 6) is -0.478. The predicted octanol–water partition coefficient (Wildman–Crippen LogP) is 2.40. The zero-order valence-electron chi connectivity index (χ0n) is 10.2. The fourth-order valence-corrected chi connectivity index (χ4v) is 1.40. The molecule has 0 N–H and O–H groups in total. The van der Waals surface area contributed by atoms with Gasteiger partial charge in [-0.25, -0.2) is 4.79 Å². The van der Waals surface area contributed by atoms with Gasteiger partial charge in [0.05, 0.1) is 0 Å². The average molecular weight is 236 g/mol. The zero-order chi connectivity index (χ0) is 12.5. The molecular weight excluding hydrogens is 220 g/mol. The maximum absolute atomic E-state index is 11.6. The lowest BCUT2D eigenvalue weighted by Gasteiger charge is -2.15. The second-order valence-electron chi connectivity index (χ2n) is 4.99. The van der Waals surface area contributed by atoms with Crippen molar-refractivity contribution in [1.82, 2.24) is 0 Å². The summed E-state index contributed by atoms with van der Waals surface area (Å²) < 4.78 is 5.28. The first-order valence-corrected chi connectivity index (χ1v) is 5.57. The average Bonchev–Trinajstić information content (AvgIpc) is 3.06. The summed E-state index contributed by atoms with van der Waals surface area (Å²) in [6.07, 6.45) is -0.744. The van der Waals surface area contributed by atoms with Crippen molar-refractivity contribution in [2.45, 2.75) is 38.6 Å². The van der Waals surface area contributed by atoms with Crippen molar-refractivity contribution in [2.75, 3.05) is 0 Å². The molecule has 0 aromatic heterocycles. The minimum absolute atomic E-state index is 0.202. The maximum atomic E-state index is 11.6. The van der Waals surface area contributed by atoms with Crippen LogP contribution in [0.1, 0.15) is 32.4 Å². The third-order valence-corrected chi connectivity index (χ3v) is 2.23. The number of epoxide rings is 1. The molecule has 1 heterocycles. The van der Waals surface area contributed by atoms with Crippen LogP contribution in [0.2, 0.25) is 0 Å². The monoisotopic (exact) mass is 236 g/mol. The minimum atomic E-state index is -0.542. The quantitative estimate of drug-likeness (QED) is 0.459. The van der Waals surface area contributed by atoms with Gasteiger partial charge in [-0.1, -0.05) is 30.3 Å². The third kappa shape index (κ3) is 3.28. The van der Waals surface area contributed by atoms with Crippen LogP contribution < -0.4 is 0 Å². The summed E-state index contributed by atoms with van der Waals surface area (Å²) in [7, 11) is 0. The van der Waals surface area contributed by atoms with Gasteiger partial charge in [0.15, 0.2) is 6.10 Å². The summed E-state index contributed by atoms with van der Waals surface area (Å²) in [5.41, 5.74) is 0.470. The van der Waals surface area contributed by atoms with Gasteiger partial charge in [-0.2, -0.15) is 4.89 Å². The summed E-state index contributed by atoms with van der Waals surface area (Å²) >= 11 is 0. The molecule has 0 spiro atoms. The second-order valence-corrected chi connectivity index (χ2v) is 4.99. The van der Waals surface area contributed by atoms with Crippen molar-refractivity contribution in [2.24, 2.45) is 0 Å². The van der Waals surface area contributed by atoms with Gasteiger partial charge in [-0.15, -0.1) is 0 Å². The topological polar surface area (TPSA) is 48.1 Å². The van der Waals surface area contributed by atoms with E-state index in [4.69, 9.17) is 14.5 Å². The molecule has 1 fully saturated rings. The van der Waals surface area contributed by atoms with Gasteiger partial charge in [0.2, 0.25) is 0 Å². The van der Waals surface area contributed by atoms with E-state index in [0.717, 1.165) is 5.56 Å². The Morgan fingerprint density at radius 1 is 1.24 bits per heavy atom. The third-order valence-electron chi connectivity index (χ3n) is 2.23. The van der Waals surface area contributed by atoms with E-state index in [1.54, 1.807) is 0 Å². The van der Waals surface area contributed by atoms with Gasteiger partial charge in [0.25, 0.3) is 0 Å². The number of benzene rings is 1. The summed E-state index contributed by atoms with van der Waals surface area (Å²) in [6.45, 7) is 5.42. The van der Waals surface area contributed by atoms with E-state index in [-0.39, 0.29) is 6.10 Å². The molecule has 2 rings (SSSR count). The van der Waals surface area contributed by atoms with Crippen molar-refractivity contribution < 1.29 is 19.3 Å². The Morgan fingerprint density at radius 2 is 1.88 bits per heavy atom. The Bertz CT molecular complexity index is 394. The first-order chi connectivity index (χ1) is 7.97. The predicted molar refractivity (Wildman–Crippen MR) is 61.0 cm³/mol. The van der Waals surface area contributed by atoms with Gasteiger partial charge >= 0.3 is 5.97 Å². The minimum Gasteiger partial charge on any atom is -0.352 e. The van der Waals surface area contributed by atoms with Crippen molar-refractivity contribution in [3.8, 4) is 0 Å². The normalized spacial score (nSPS) is 23.2. The van der Waals surface area contributed by atoms with Crippen LogP contribution in [0.5, 0.6) is 0 Å². The summed E-state index contributed by atoms with van der Waals surface area (Å²) in [4.78, 5) is 21.2. The highest BCUT2D eigenvalue weighted by Crippen LogP contribution is 2.39. The van der Waals surface area contributed by atoms with Crippen molar-refractivity contribution >= 4 is 5.97 Å². The first-order valence-electron chi connectivity index (χ1n) is 5.57. The molecular formula is C13H16O4. The Kier molecular flexibility index (Phi) is 3.17. The van der Waals surface area contributed by atoms with Crippen molar-refractivity contribution in [3.05, 3.63) is 35.9 Å². The molecule has 1 aliphatic rings. The molecule has 1 saturated heterocycles. The van der Waals surface area contributed by atoms with E-state index in [0.29, 0.717) is 0 Å². The molecule has 1 aliphatic heterocycles.